The maximum absolute atomic E-state index is 5.16. The standard InChI is InChI=1S/C15H19NOSe/c1-17-14-7-5-13(6-8-14)15(18)9-12-16-10-3-2-4-11-16/h5-9,12H,2-4,10-11H2,1H3/b12-9+. The number of likely N-dealkylation sites (tertiary alicyclic amines) is 1. The van der Waals surface area contributed by atoms with Crippen LogP contribution in [0.2, 0.25) is 0 Å². The number of ether oxygens (including phenoxy) is 1. The van der Waals surface area contributed by atoms with E-state index in [9.17, 15) is 0 Å². The zero-order valence-corrected chi connectivity index (χ0v) is 12.5. The molecule has 1 heterocycles. The van der Waals surface area contributed by atoms with Crippen LogP contribution in [0.4, 0.5) is 0 Å². The van der Waals surface area contributed by atoms with E-state index >= 15 is 0 Å². The van der Waals surface area contributed by atoms with Gasteiger partial charge in [0.15, 0.2) is 0 Å². The molecule has 0 radical (unpaired) electrons. The summed E-state index contributed by atoms with van der Waals surface area (Å²) in [5.41, 5.74) is 1.20. The number of piperidine rings is 1. The molecule has 1 aliphatic rings. The molecule has 0 unspecified atom stereocenters. The van der Waals surface area contributed by atoms with Gasteiger partial charge in [-0.2, -0.15) is 0 Å². The number of nitrogens with zero attached hydrogens (tertiary/aromatic N) is 1. The van der Waals surface area contributed by atoms with Crippen LogP contribution in [0.1, 0.15) is 24.8 Å². The van der Waals surface area contributed by atoms with Crippen LogP contribution in [0.3, 0.4) is 0 Å². The molecule has 0 bridgehead atoms. The molecule has 0 aliphatic carbocycles. The Labute approximate surface area is 117 Å². The normalized spacial score (nSPS) is 15.9. The van der Waals surface area contributed by atoms with Crippen molar-refractivity contribution in [2.75, 3.05) is 20.2 Å². The van der Waals surface area contributed by atoms with Crippen molar-refractivity contribution >= 4 is 20.0 Å². The molecule has 0 amide bonds. The topological polar surface area (TPSA) is 12.5 Å². The summed E-state index contributed by atoms with van der Waals surface area (Å²) in [7, 11) is 1.69. The molecular weight excluding hydrogens is 289 g/mol. The monoisotopic (exact) mass is 309 g/mol. The second kappa shape index (κ2) is 6.77. The van der Waals surface area contributed by atoms with E-state index in [1.54, 1.807) is 7.11 Å². The van der Waals surface area contributed by atoms with Crippen LogP contribution in [0, 0.1) is 0 Å². The molecule has 1 aromatic rings. The van der Waals surface area contributed by atoms with Crippen molar-refractivity contribution in [1.82, 2.24) is 4.90 Å². The molecule has 2 rings (SSSR count). The maximum atomic E-state index is 5.16. The predicted octanol–water partition coefficient (Wildman–Crippen LogP) is 2.38. The van der Waals surface area contributed by atoms with Gasteiger partial charge in [0.25, 0.3) is 0 Å². The van der Waals surface area contributed by atoms with Crippen molar-refractivity contribution in [2.45, 2.75) is 19.3 Å². The molecule has 3 heteroatoms. The van der Waals surface area contributed by atoms with Crippen LogP contribution in [-0.2, 0) is 0 Å². The van der Waals surface area contributed by atoms with Crippen molar-refractivity contribution in [2.24, 2.45) is 0 Å². The van der Waals surface area contributed by atoms with Gasteiger partial charge >= 0.3 is 117 Å². The molecule has 1 fully saturated rings. The van der Waals surface area contributed by atoms with Gasteiger partial charge in [-0.25, -0.2) is 0 Å². The summed E-state index contributed by atoms with van der Waals surface area (Å²) in [6.45, 7) is 2.37. The Bertz CT molecular complexity index is 419. The third-order valence-electron chi connectivity index (χ3n) is 3.20. The number of methoxy groups -OCH3 is 1. The molecule has 1 aromatic carbocycles. The SMILES string of the molecule is COc1ccc(C(=[Se])/C=C/N2CCCCC2)cc1. The zero-order chi connectivity index (χ0) is 12.8. The second-order valence-corrected chi connectivity index (χ2v) is 5.43. The van der Waals surface area contributed by atoms with Gasteiger partial charge < -0.3 is 0 Å². The molecule has 0 aromatic heterocycles. The van der Waals surface area contributed by atoms with Gasteiger partial charge in [0, 0.05) is 0 Å². The molecule has 96 valence electrons. The van der Waals surface area contributed by atoms with Crippen molar-refractivity contribution in [1.29, 1.82) is 0 Å². The molecule has 0 spiro atoms. The first-order chi connectivity index (χ1) is 8.79. The van der Waals surface area contributed by atoms with Gasteiger partial charge in [-0.1, -0.05) is 0 Å². The fourth-order valence-corrected chi connectivity index (χ4v) is 2.51. The molecule has 1 saturated heterocycles. The van der Waals surface area contributed by atoms with E-state index in [4.69, 9.17) is 4.74 Å². The van der Waals surface area contributed by atoms with E-state index in [2.05, 4.69) is 44.9 Å². The summed E-state index contributed by atoms with van der Waals surface area (Å²) in [6, 6.07) is 8.12. The van der Waals surface area contributed by atoms with Crippen LogP contribution in [0.15, 0.2) is 36.5 Å². The number of benzene rings is 1. The molecule has 2 nitrogen and oxygen atoms in total. The Morgan fingerprint density at radius 3 is 2.44 bits per heavy atom. The van der Waals surface area contributed by atoms with Crippen molar-refractivity contribution in [3.63, 3.8) is 0 Å². The minimum absolute atomic E-state index is 0.895. The summed E-state index contributed by atoms with van der Waals surface area (Å²) in [6.07, 6.45) is 8.37. The summed E-state index contributed by atoms with van der Waals surface area (Å²) < 4.78 is 6.33. The zero-order valence-electron chi connectivity index (χ0n) is 10.8. The van der Waals surface area contributed by atoms with Crippen LogP contribution in [0.5, 0.6) is 5.75 Å². The van der Waals surface area contributed by atoms with Gasteiger partial charge in [0.1, 0.15) is 0 Å². The number of hydrogen-bond acceptors (Lipinski definition) is 2. The molecule has 0 N–H and O–H groups in total. The number of allylic oxidation sites excluding steroid dienone is 1. The van der Waals surface area contributed by atoms with Crippen LogP contribution >= 0.6 is 0 Å². The average molecular weight is 308 g/mol. The van der Waals surface area contributed by atoms with Crippen LogP contribution in [-0.4, -0.2) is 45.1 Å². The minimum atomic E-state index is 0.895. The summed E-state index contributed by atoms with van der Waals surface area (Å²) in [5.74, 6) is 0.895. The Balaban J connectivity index is 1.95. The average Bonchev–Trinajstić information content (AvgIpc) is 2.46. The number of hydrogen-bond donors (Lipinski definition) is 0. The molecule has 0 saturated carbocycles. The Morgan fingerprint density at radius 2 is 1.83 bits per heavy atom. The van der Waals surface area contributed by atoms with E-state index in [0.717, 1.165) is 5.75 Å². The second-order valence-electron chi connectivity index (χ2n) is 4.51. The van der Waals surface area contributed by atoms with Gasteiger partial charge in [-0.05, 0) is 0 Å². The predicted molar refractivity (Wildman–Crippen MR) is 77.4 cm³/mol. The fourth-order valence-electron chi connectivity index (χ4n) is 2.09. The molecule has 1 aliphatic heterocycles. The Kier molecular flexibility index (Phi) is 5.03. The van der Waals surface area contributed by atoms with Gasteiger partial charge in [-0.3, -0.25) is 0 Å². The van der Waals surface area contributed by atoms with Gasteiger partial charge in [-0.15, -0.1) is 0 Å². The van der Waals surface area contributed by atoms with Crippen molar-refractivity contribution < 1.29 is 4.74 Å². The summed E-state index contributed by atoms with van der Waals surface area (Å²) in [5, 5.41) is 0. The quantitative estimate of drug-likeness (QED) is 0.792. The third kappa shape index (κ3) is 3.72. The molecule has 0 atom stereocenters. The summed E-state index contributed by atoms with van der Waals surface area (Å²) >= 11 is 3.13. The molecular formula is C15H19NOSe. The fraction of sp³-hybridized carbons (Fsp3) is 0.400. The van der Waals surface area contributed by atoms with Crippen molar-refractivity contribution in [3.8, 4) is 5.75 Å². The van der Waals surface area contributed by atoms with Crippen LogP contribution < -0.4 is 4.74 Å². The van der Waals surface area contributed by atoms with E-state index in [0.29, 0.717) is 0 Å². The van der Waals surface area contributed by atoms with E-state index in [1.165, 1.54) is 42.3 Å². The summed E-state index contributed by atoms with van der Waals surface area (Å²) in [4.78, 5) is 2.39. The van der Waals surface area contributed by atoms with Gasteiger partial charge in [0.05, 0.1) is 0 Å². The van der Waals surface area contributed by atoms with Gasteiger partial charge in [0.2, 0.25) is 0 Å². The van der Waals surface area contributed by atoms with Crippen LogP contribution in [0.25, 0.3) is 0 Å². The van der Waals surface area contributed by atoms with E-state index in [1.807, 2.05) is 12.1 Å². The Hall–Kier alpha value is -1.05. The Morgan fingerprint density at radius 1 is 1.17 bits per heavy atom. The molecule has 18 heavy (non-hydrogen) atoms. The third-order valence-corrected chi connectivity index (χ3v) is 3.98. The number of rotatable bonds is 4. The first-order valence-electron chi connectivity index (χ1n) is 6.40. The first-order valence-corrected chi connectivity index (χ1v) is 7.26. The van der Waals surface area contributed by atoms with E-state index < -0.39 is 0 Å². The first kappa shape index (κ1) is 13.4. The van der Waals surface area contributed by atoms with E-state index in [-0.39, 0.29) is 0 Å². The van der Waals surface area contributed by atoms with Crippen molar-refractivity contribution in [3.05, 3.63) is 42.1 Å².